The maximum atomic E-state index is 4.69. The molecule has 1 aliphatic heterocycles. The number of thiophene rings is 1. The van der Waals surface area contributed by atoms with E-state index >= 15 is 0 Å². The van der Waals surface area contributed by atoms with E-state index in [9.17, 15) is 0 Å². The van der Waals surface area contributed by atoms with Crippen molar-refractivity contribution in [2.24, 2.45) is 5.92 Å². The number of hydrogen-bond acceptors (Lipinski definition) is 5. The summed E-state index contributed by atoms with van der Waals surface area (Å²) in [7, 11) is 1.92. The Bertz CT molecular complexity index is 566. The molecule has 0 amide bonds. The molecule has 1 aliphatic rings. The Morgan fingerprint density at radius 2 is 2.37 bits per heavy atom. The van der Waals surface area contributed by atoms with E-state index in [0.717, 1.165) is 34.3 Å². The molecule has 3 rings (SSSR count). The van der Waals surface area contributed by atoms with E-state index in [1.165, 1.54) is 25.9 Å². The molecule has 0 aromatic carbocycles. The van der Waals surface area contributed by atoms with E-state index < -0.39 is 0 Å². The van der Waals surface area contributed by atoms with Crippen LogP contribution in [0.15, 0.2) is 11.4 Å². The summed E-state index contributed by atoms with van der Waals surface area (Å²) in [5, 5.41) is 6.38. The number of rotatable bonds is 3. The first-order chi connectivity index (χ1) is 9.26. The van der Waals surface area contributed by atoms with Crippen molar-refractivity contribution in [3.05, 3.63) is 17.3 Å². The van der Waals surface area contributed by atoms with Crippen LogP contribution in [0.3, 0.4) is 0 Å². The van der Waals surface area contributed by atoms with Crippen molar-refractivity contribution < 1.29 is 0 Å². The predicted molar refractivity (Wildman–Crippen MR) is 80.6 cm³/mol. The Morgan fingerprint density at radius 3 is 3.16 bits per heavy atom. The first kappa shape index (κ1) is 12.8. The zero-order valence-corrected chi connectivity index (χ0v) is 12.3. The van der Waals surface area contributed by atoms with Crippen molar-refractivity contribution in [2.75, 3.05) is 25.5 Å². The fourth-order valence-corrected chi connectivity index (χ4v) is 3.57. The van der Waals surface area contributed by atoms with E-state index in [0.29, 0.717) is 0 Å². The lowest BCUT2D eigenvalue weighted by molar-refractivity contribution is 0.173. The highest BCUT2D eigenvalue weighted by molar-refractivity contribution is 7.16. The molecular weight excluding hydrogens is 256 g/mol. The third-order valence-electron chi connectivity index (χ3n) is 3.71. The SMILES string of the molecule is CNc1nc(CN2CCCC(C)C2)nc2sccc12. The molecule has 102 valence electrons. The van der Waals surface area contributed by atoms with Crippen molar-refractivity contribution >= 4 is 27.4 Å². The number of nitrogens with one attached hydrogen (secondary N) is 1. The molecule has 1 N–H and O–H groups in total. The second-order valence-electron chi connectivity index (χ2n) is 5.36. The minimum absolute atomic E-state index is 0.794. The Balaban J connectivity index is 1.84. The van der Waals surface area contributed by atoms with Gasteiger partial charge in [-0.05, 0) is 36.8 Å². The number of fused-ring (bicyclic) bond motifs is 1. The van der Waals surface area contributed by atoms with E-state index in [1.54, 1.807) is 11.3 Å². The largest absolute Gasteiger partial charge is 0.372 e. The number of anilines is 1. The fraction of sp³-hybridized carbons (Fsp3) is 0.571. The van der Waals surface area contributed by atoms with E-state index in [4.69, 9.17) is 0 Å². The van der Waals surface area contributed by atoms with Crippen molar-refractivity contribution in [3.8, 4) is 0 Å². The second kappa shape index (κ2) is 5.43. The smallest absolute Gasteiger partial charge is 0.146 e. The quantitative estimate of drug-likeness (QED) is 0.935. The van der Waals surface area contributed by atoms with Gasteiger partial charge in [-0.1, -0.05) is 6.92 Å². The van der Waals surface area contributed by atoms with Crippen LogP contribution >= 0.6 is 11.3 Å². The second-order valence-corrected chi connectivity index (χ2v) is 6.25. The Labute approximate surface area is 117 Å². The first-order valence-corrected chi connectivity index (χ1v) is 7.78. The molecule has 19 heavy (non-hydrogen) atoms. The molecule has 1 fully saturated rings. The molecule has 3 heterocycles. The lowest BCUT2D eigenvalue weighted by atomic mass is 10.0. The Hall–Kier alpha value is -1.20. The fourth-order valence-electron chi connectivity index (χ4n) is 2.79. The highest BCUT2D eigenvalue weighted by Gasteiger charge is 2.18. The summed E-state index contributed by atoms with van der Waals surface area (Å²) >= 11 is 1.68. The summed E-state index contributed by atoms with van der Waals surface area (Å²) in [4.78, 5) is 12.9. The lowest BCUT2D eigenvalue weighted by Crippen LogP contribution is -2.34. The molecule has 0 spiro atoms. The van der Waals surface area contributed by atoms with Gasteiger partial charge in [0.2, 0.25) is 0 Å². The monoisotopic (exact) mass is 276 g/mol. The molecule has 1 unspecified atom stereocenters. The zero-order valence-electron chi connectivity index (χ0n) is 11.5. The van der Waals surface area contributed by atoms with Crippen LogP contribution in [0.5, 0.6) is 0 Å². The normalized spacial score (nSPS) is 20.8. The number of likely N-dealkylation sites (tertiary alicyclic amines) is 1. The molecule has 0 aliphatic carbocycles. The minimum Gasteiger partial charge on any atom is -0.372 e. The molecule has 0 radical (unpaired) electrons. The van der Waals surface area contributed by atoms with Crippen LogP contribution in [-0.2, 0) is 6.54 Å². The predicted octanol–water partition coefficient (Wildman–Crippen LogP) is 2.96. The highest BCUT2D eigenvalue weighted by atomic mass is 32.1. The summed E-state index contributed by atoms with van der Waals surface area (Å²) in [6, 6.07) is 2.08. The maximum absolute atomic E-state index is 4.69. The van der Waals surface area contributed by atoms with E-state index in [2.05, 4.69) is 38.6 Å². The van der Waals surface area contributed by atoms with Gasteiger partial charge in [-0.15, -0.1) is 11.3 Å². The Morgan fingerprint density at radius 1 is 1.47 bits per heavy atom. The molecule has 0 saturated carbocycles. The summed E-state index contributed by atoms with van der Waals surface area (Å²) < 4.78 is 0. The number of nitrogens with zero attached hydrogens (tertiary/aromatic N) is 3. The van der Waals surface area contributed by atoms with Gasteiger partial charge in [0, 0.05) is 13.6 Å². The van der Waals surface area contributed by atoms with Crippen LogP contribution < -0.4 is 5.32 Å². The first-order valence-electron chi connectivity index (χ1n) is 6.90. The summed E-state index contributed by atoms with van der Waals surface area (Å²) in [6.45, 7) is 5.53. The van der Waals surface area contributed by atoms with Gasteiger partial charge in [-0.2, -0.15) is 0 Å². The van der Waals surface area contributed by atoms with Crippen LogP contribution in [0.2, 0.25) is 0 Å². The van der Waals surface area contributed by atoms with Crippen molar-refractivity contribution in [1.82, 2.24) is 14.9 Å². The molecule has 2 aromatic rings. The van der Waals surface area contributed by atoms with Gasteiger partial charge in [0.1, 0.15) is 16.5 Å². The van der Waals surface area contributed by atoms with Crippen molar-refractivity contribution in [1.29, 1.82) is 0 Å². The van der Waals surface area contributed by atoms with Crippen LogP contribution in [0.25, 0.3) is 10.2 Å². The average Bonchev–Trinajstić information content (AvgIpc) is 2.86. The van der Waals surface area contributed by atoms with Crippen molar-refractivity contribution in [2.45, 2.75) is 26.3 Å². The summed E-state index contributed by atoms with van der Waals surface area (Å²) in [6.07, 6.45) is 2.64. The van der Waals surface area contributed by atoms with Crippen LogP contribution in [0, 0.1) is 5.92 Å². The summed E-state index contributed by atoms with van der Waals surface area (Å²) in [5.74, 6) is 2.68. The standard InChI is InChI=1S/C14H20N4S/c1-10-4-3-6-18(8-10)9-12-16-13(15-2)11-5-7-19-14(11)17-12/h5,7,10H,3-4,6,8-9H2,1-2H3,(H,15,16,17). The lowest BCUT2D eigenvalue weighted by Gasteiger charge is -2.30. The van der Waals surface area contributed by atoms with Gasteiger partial charge in [0.25, 0.3) is 0 Å². The van der Waals surface area contributed by atoms with Crippen molar-refractivity contribution in [3.63, 3.8) is 0 Å². The van der Waals surface area contributed by atoms with E-state index in [-0.39, 0.29) is 0 Å². The van der Waals surface area contributed by atoms with Crippen LogP contribution in [0.1, 0.15) is 25.6 Å². The minimum atomic E-state index is 0.794. The number of aromatic nitrogens is 2. The Kier molecular flexibility index (Phi) is 3.66. The topological polar surface area (TPSA) is 41.1 Å². The number of hydrogen-bond donors (Lipinski definition) is 1. The van der Waals surface area contributed by atoms with Crippen LogP contribution in [-0.4, -0.2) is 35.0 Å². The molecule has 2 aromatic heterocycles. The zero-order chi connectivity index (χ0) is 13.2. The van der Waals surface area contributed by atoms with Gasteiger partial charge >= 0.3 is 0 Å². The third-order valence-corrected chi connectivity index (χ3v) is 4.52. The van der Waals surface area contributed by atoms with E-state index in [1.807, 2.05) is 7.05 Å². The molecule has 1 atom stereocenters. The molecular formula is C14H20N4S. The molecule has 4 nitrogen and oxygen atoms in total. The van der Waals surface area contributed by atoms with Crippen LogP contribution in [0.4, 0.5) is 5.82 Å². The number of piperidine rings is 1. The van der Waals surface area contributed by atoms with Gasteiger partial charge in [-0.3, -0.25) is 4.90 Å². The summed E-state index contributed by atoms with van der Waals surface area (Å²) in [5.41, 5.74) is 0. The molecule has 5 heteroatoms. The molecule has 0 bridgehead atoms. The molecule has 1 saturated heterocycles. The van der Waals surface area contributed by atoms with Gasteiger partial charge in [0.15, 0.2) is 0 Å². The van der Waals surface area contributed by atoms with Gasteiger partial charge in [0.05, 0.1) is 11.9 Å². The highest BCUT2D eigenvalue weighted by Crippen LogP contribution is 2.25. The third kappa shape index (κ3) is 2.72. The van der Waals surface area contributed by atoms with Gasteiger partial charge in [-0.25, -0.2) is 9.97 Å². The average molecular weight is 276 g/mol. The maximum Gasteiger partial charge on any atom is 0.146 e. The van der Waals surface area contributed by atoms with Gasteiger partial charge < -0.3 is 5.32 Å².